The second-order valence-electron chi connectivity index (χ2n) is 7.52. The highest BCUT2D eigenvalue weighted by atomic mass is 16.6. The Hall–Kier alpha value is -2.24. The monoisotopic (exact) mass is 330 g/mol. The molecule has 0 atom stereocenters. The van der Waals surface area contributed by atoms with Gasteiger partial charge in [0.2, 0.25) is 0 Å². The number of anilines is 1. The summed E-state index contributed by atoms with van der Waals surface area (Å²) in [4.78, 5) is 13.9. The van der Waals surface area contributed by atoms with E-state index in [4.69, 9.17) is 10.5 Å². The Labute approximate surface area is 142 Å². The predicted octanol–water partition coefficient (Wildman–Crippen LogP) is 3.27. The van der Waals surface area contributed by atoms with E-state index in [2.05, 4.69) is 11.2 Å². The van der Waals surface area contributed by atoms with E-state index >= 15 is 0 Å². The zero-order valence-electron chi connectivity index (χ0n) is 14.7. The number of ether oxygens (including phenoxy) is 1. The number of hydrogen-bond acceptors (Lipinski definition) is 4. The molecule has 1 aromatic heterocycles. The first-order valence-corrected chi connectivity index (χ1v) is 8.51. The molecule has 6 nitrogen and oxygen atoms in total. The van der Waals surface area contributed by atoms with Gasteiger partial charge in [-0.05, 0) is 51.7 Å². The van der Waals surface area contributed by atoms with Crippen LogP contribution in [0.3, 0.4) is 0 Å². The molecule has 2 heterocycles. The summed E-state index contributed by atoms with van der Waals surface area (Å²) in [6.45, 7) is 8.02. The largest absolute Gasteiger partial charge is 0.444 e. The van der Waals surface area contributed by atoms with Crippen molar-refractivity contribution in [1.82, 2.24) is 14.7 Å². The van der Waals surface area contributed by atoms with Gasteiger partial charge in [-0.15, -0.1) is 0 Å². The van der Waals surface area contributed by atoms with Gasteiger partial charge in [-0.2, -0.15) is 5.10 Å². The van der Waals surface area contributed by atoms with Gasteiger partial charge in [0.1, 0.15) is 5.60 Å². The number of likely N-dealkylation sites (tertiary alicyclic amines) is 1. The molecule has 1 amide bonds. The molecule has 2 N–H and O–H groups in total. The average molecular weight is 330 g/mol. The molecule has 1 aliphatic heterocycles. The van der Waals surface area contributed by atoms with Crippen molar-refractivity contribution in [2.75, 3.05) is 18.8 Å². The summed E-state index contributed by atoms with van der Waals surface area (Å²) in [7, 11) is 0. The van der Waals surface area contributed by atoms with Crippen LogP contribution in [0.4, 0.5) is 10.5 Å². The highest BCUT2D eigenvalue weighted by Crippen LogP contribution is 2.25. The number of nitrogens with two attached hydrogens (primary N) is 1. The van der Waals surface area contributed by atoms with Crippen molar-refractivity contribution < 1.29 is 9.53 Å². The van der Waals surface area contributed by atoms with Crippen LogP contribution in [0.15, 0.2) is 24.4 Å². The van der Waals surface area contributed by atoms with Crippen molar-refractivity contribution in [1.29, 1.82) is 0 Å². The van der Waals surface area contributed by atoms with E-state index in [1.165, 1.54) is 0 Å². The number of nitrogen functional groups attached to an aromatic ring is 1. The predicted molar refractivity (Wildman–Crippen MR) is 94.7 cm³/mol. The van der Waals surface area contributed by atoms with Crippen molar-refractivity contribution in [2.45, 2.75) is 45.8 Å². The van der Waals surface area contributed by atoms with Crippen LogP contribution in [-0.2, 0) is 11.3 Å². The van der Waals surface area contributed by atoms with Gasteiger partial charge >= 0.3 is 6.09 Å². The molecule has 0 aliphatic carbocycles. The normalized spacial score (nSPS) is 16.5. The number of amides is 1. The molecular weight excluding hydrogens is 304 g/mol. The maximum Gasteiger partial charge on any atom is 0.410 e. The fraction of sp³-hybridized carbons (Fsp3) is 0.556. The van der Waals surface area contributed by atoms with Crippen LogP contribution >= 0.6 is 0 Å². The van der Waals surface area contributed by atoms with Crippen LogP contribution in [0.25, 0.3) is 10.9 Å². The molecule has 0 bridgehead atoms. The molecule has 1 fully saturated rings. The number of carbonyl (C=O) groups excluding carboxylic acids is 1. The van der Waals surface area contributed by atoms with Crippen LogP contribution in [0.1, 0.15) is 33.6 Å². The highest BCUT2D eigenvalue weighted by molar-refractivity contribution is 5.90. The topological polar surface area (TPSA) is 73.4 Å². The SMILES string of the molecule is CC(C)(C)OC(=O)N1CCC(Cn2ncc3c(N)cccc32)CC1. The summed E-state index contributed by atoms with van der Waals surface area (Å²) in [5.41, 5.74) is 7.39. The number of carbonyl (C=O) groups is 1. The van der Waals surface area contributed by atoms with Crippen LogP contribution in [-0.4, -0.2) is 39.5 Å². The lowest BCUT2D eigenvalue weighted by Crippen LogP contribution is -2.42. The molecule has 24 heavy (non-hydrogen) atoms. The molecule has 0 spiro atoms. The first-order chi connectivity index (χ1) is 11.3. The maximum atomic E-state index is 12.1. The summed E-state index contributed by atoms with van der Waals surface area (Å²) in [5, 5.41) is 5.49. The number of rotatable bonds is 2. The Morgan fingerprint density at radius 3 is 2.71 bits per heavy atom. The van der Waals surface area contributed by atoms with Crippen molar-refractivity contribution in [3.63, 3.8) is 0 Å². The summed E-state index contributed by atoms with van der Waals surface area (Å²) in [6.07, 6.45) is 3.55. The lowest BCUT2D eigenvalue weighted by Gasteiger charge is -2.33. The molecule has 6 heteroatoms. The maximum absolute atomic E-state index is 12.1. The summed E-state index contributed by atoms with van der Waals surface area (Å²) >= 11 is 0. The smallest absolute Gasteiger partial charge is 0.410 e. The van der Waals surface area contributed by atoms with Crippen molar-refractivity contribution >= 4 is 22.7 Å². The molecule has 1 aromatic carbocycles. The van der Waals surface area contributed by atoms with E-state index in [9.17, 15) is 4.79 Å². The molecule has 0 saturated carbocycles. The van der Waals surface area contributed by atoms with E-state index in [0.29, 0.717) is 5.92 Å². The number of benzene rings is 1. The first-order valence-electron chi connectivity index (χ1n) is 8.51. The third kappa shape index (κ3) is 3.63. The van der Waals surface area contributed by atoms with E-state index in [0.717, 1.165) is 49.1 Å². The fourth-order valence-electron chi connectivity index (χ4n) is 3.14. The van der Waals surface area contributed by atoms with Gasteiger partial charge in [0.25, 0.3) is 0 Å². The lowest BCUT2D eigenvalue weighted by atomic mass is 9.97. The molecule has 0 unspecified atom stereocenters. The molecule has 3 rings (SSSR count). The Kier molecular flexibility index (Phi) is 4.39. The third-order valence-corrected chi connectivity index (χ3v) is 4.42. The van der Waals surface area contributed by atoms with E-state index in [1.807, 2.05) is 43.8 Å². The van der Waals surface area contributed by atoms with Gasteiger partial charge in [-0.25, -0.2) is 4.79 Å². The first kappa shape index (κ1) is 16.6. The van der Waals surface area contributed by atoms with Gasteiger partial charge in [0.15, 0.2) is 0 Å². The van der Waals surface area contributed by atoms with E-state index in [1.54, 1.807) is 4.90 Å². The van der Waals surface area contributed by atoms with Gasteiger partial charge < -0.3 is 15.4 Å². The summed E-state index contributed by atoms with van der Waals surface area (Å²) in [5.74, 6) is 0.508. The minimum Gasteiger partial charge on any atom is -0.444 e. The second-order valence-corrected chi connectivity index (χ2v) is 7.52. The fourth-order valence-corrected chi connectivity index (χ4v) is 3.14. The molecule has 1 saturated heterocycles. The lowest BCUT2D eigenvalue weighted by molar-refractivity contribution is 0.0177. The molecule has 2 aromatic rings. The number of piperidine rings is 1. The number of nitrogens with zero attached hydrogens (tertiary/aromatic N) is 3. The average Bonchev–Trinajstić information content (AvgIpc) is 2.91. The highest BCUT2D eigenvalue weighted by Gasteiger charge is 2.27. The van der Waals surface area contributed by atoms with Crippen LogP contribution in [0.2, 0.25) is 0 Å². The Morgan fingerprint density at radius 2 is 2.04 bits per heavy atom. The minimum atomic E-state index is -0.443. The molecule has 0 radical (unpaired) electrons. The molecular formula is C18H26N4O2. The van der Waals surface area contributed by atoms with Gasteiger partial charge in [0.05, 0.1) is 11.7 Å². The zero-order chi connectivity index (χ0) is 17.3. The van der Waals surface area contributed by atoms with Gasteiger partial charge in [0, 0.05) is 30.7 Å². The molecule has 130 valence electrons. The zero-order valence-corrected chi connectivity index (χ0v) is 14.7. The summed E-state index contributed by atoms with van der Waals surface area (Å²) < 4.78 is 7.47. The van der Waals surface area contributed by atoms with Crippen LogP contribution in [0, 0.1) is 5.92 Å². The Morgan fingerprint density at radius 1 is 1.33 bits per heavy atom. The van der Waals surface area contributed by atoms with Gasteiger partial charge in [-0.1, -0.05) is 6.07 Å². The van der Waals surface area contributed by atoms with Crippen molar-refractivity contribution in [3.05, 3.63) is 24.4 Å². The van der Waals surface area contributed by atoms with Crippen LogP contribution in [0.5, 0.6) is 0 Å². The third-order valence-electron chi connectivity index (χ3n) is 4.42. The van der Waals surface area contributed by atoms with E-state index in [-0.39, 0.29) is 6.09 Å². The quantitative estimate of drug-likeness (QED) is 0.858. The second kappa shape index (κ2) is 6.34. The standard InChI is InChI=1S/C18H26N4O2/c1-18(2,3)24-17(23)21-9-7-13(8-10-21)12-22-16-6-4-5-15(19)14(16)11-20-22/h4-6,11,13H,7-10,12,19H2,1-3H3. The Balaban J connectivity index is 1.59. The summed E-state index contributed by atoms with van der Waals surface area (Å²) in [6, 6.07) is 5.91. The minimum absolute atomic E-state index is 0.210. The van der Waals surface area contributed by atoms with Gasteiger partial charge in [-0.3, -0.25) is 4.68 Å². The number of aromatic nitrogens is 2. The Bertz CT molecular complexity index is 724. The van der Waals surface area contributed by atoms with E-state index < -0.39 is 5.60 Å². The van der Waals surface area contributed by atoms with Crippen LogP contribution < -0.4 is 5.73 Å². The number of hydrogen-bond donors (Lipinski definition) is 1. The van der Waals surface area contributed by atoms with Crippen molar-refractivity contribution in [3.8, 4) is 0 Å². The van der Waals surface area contributed by atoms with Crippen molar-refractivity contribution in [2.24, 2.45) is 5.92 Å². The molecule has 1 aliphatic rings. The number of fused-ring (bicyclic) bond motifs is 1.